The molecule has 0 aromatic carbocycles. The number of hydrogen-bond acceptors (Lipinski definition) is 4. The predicted molar refractivity (Wildman–Crippen MR) is 63.0 cm³/mol. The van der Waals surface area contributed by atoms with Gasteiger partial charge < -0.3 is 0 Å². The van der Waals surface area contributed by atoms with Gasteiger partial charge in [-0.15, -0.1) is 0 Å². The van der Waals surface area contributed by atoms with Crippen LogP contribution in [0.3, 0.4) is 0 Å². The molecule has 0 saturated carbocycles. The molecule has 96 valence electrons. The van der Waals surface area contributed by atoms with Crippen LogP contribution in [0.25, 0.3) is 0 Å². The highest BCUT2D eigenvalue weighted by Crippen LogP contribution is 2.10. The lowest BCUT2D eigenvalue weighted by Crippen LogP contribution is -2.22. The van der Waals surface area contributed by atoms with Crippen molar-refractivity contribution in [1.82, 2.24) is 10.6 Å². The number of carbonyl (C=O) groups excluding carboxylic acids is 4. The highest BCUT2D eigenvalue weighted by molar-refractivity contribution is 6.16. The summed E-state index contributed by atoms with van der Waals surface area (Å²) in [6.45, 7) is 2.05. The van der Waals surface area contributed by atoms with Crippen LogP contribution in [0.1, 0.15) is 26.2 Å². The first-order valence-corrected chi connectivity index (χ1v) is 5.62. The fourth-order valence-corrected chi connectivity index (χ4v) is 1.36. The fourth-order valence-electron chi connectivity index (χ4n) is 1.36. The van der Waals surface area contributed by atoms with Crippen molar-refractivity contribution >= 4 is 23.6 Å². The van der Waals surface area contributed by atoms with Crippen LogP contribution in [0, 0.1) is 0 Å². The minimum atomic E-state index is -0.329. The second-order valence-electron chi connectivity index (χ2n) is 3.78. The van der Waals surface area contributed by atoms with E-state index in [1.54, 1.807) is 0 Å². The van der Waals surface area contributed by atoms with E-state index in [0.717, 1.165) is 12.8 Å². The monoisotopic (exact) mass is 250 g/mol. The Morgan fingerprint density at radius 1 is 0.944 bits per heavy atom. The molecule has 0 fully saturated rings. The highest BCUT2D eigenvalue weighted by Gasteiger charge is 2.19. The number of carbonyl (C=O) groups is 4. The van der Waals surface area contributed by atoms with Crippen LogP contribution in [0.15, 0.2) is 23.8 Å². The molecule has 2 rings (SSSR count). The SMILES string of the molecule is CCCCC1=CC(=O)NC1=O.O=C1C=CC(=O)N1. The molecular weight excluding hydrogens is 236 g/mol. The molecule has 6 heteroatoms. The van der Waals surface area contributed by atoms with Crippen LogP contribution < -0.4 is 10.6 Å². The van der Waals surface area contributed by atoms with Crippen LogP contribution >= 0.6 is 0 Å². The van der Waals surface area contributed by atoms with E-state index < -0.39 is 0 Å². The predicted octanol–water partition coefficient (Wildman–Crippen LogP) is -0.0416. The van der Waals surface area contributed by atoms with E-state index in [2.05, 4.69) is 12.2 Å². The largest absolute Gasteiger partial charge is 0.289 e. The van der Waals surface area contributed by atoms with Gasteiger partial charge in [-0.3, -0.25) is 29.8 Å². The van der Waals surface area contributed by atoms with Crippen molar-refractivity contribution in [1.29, 1.82) is 0 Å². The molecule has 4 amide bonds. The number of hydrogen-bond donors (Lipinski definition) is 2. The maximum Gasteiger partial charge on any atom is 0.254 e. The zero-order valence-electron chi connectivity index (χ0n) is 9.99. The van der Waals surface area contributed by atoms with Gasteiger partial charge in [-0.05, 0) is 12.8 Å². The van der Waals surface area contributed by atoms with E-state index >= 15 is 0 Å². The van der Waals surface area contributed by atoms with Gasteiger partial charge in [0.2, 0.25) is 0 Å². The Bertz CT molecular complexity index is 433. The molecule has 0 aliphatic carbocycles. The third-order valence-corrected chi connectivity index (χ3v) is 2.27. The Hall–Kier alpha value is -2.24. The number of amides is 4. The topological polar surface area (TPSA) is 92.3 Å². The number of imide groups is 2. The van der Waals surface area contributed by atoms with Crippen molar-refractivity contribution in [2.75, 3.05) is 0 Å². The van der Waals surface area contributed by atoms with Crippen molar-refractivity contribution in [2.45, 2.75) is 26.2 Å². The van der Waals surface area contributed by atoms with Crippen LogP contribution in [-0.2, 0) is 19.2 Å². The zero-order chi connectivity index (χ0) is 13.5. The lowest BCUT2D eigenvalue weighted by molar-refractivity contribution is -0.125. The van der Waals surface area contributed by atoms with Crippen molar-refractivity contribution in [3.8, 4) is 0 Å². The van der Waals surface area contributed by atoms with Gasteiger partial charge in [0.1, 0.15) is 0 Å². The molecule has 2 N–H and O–H groups in total. The Morgan fingerprint density at radius 3 is 1.89 bits per heavy atom. The van der Waals surface area contributed by atoms with Gasteiger partial charge in [-0.25, -0.2) is 0 Å². The molecular formula is C12H14N2O4. The van der Waals surface area contributed by atoms with Gasteiger partial charge in [-0.2, -0.15) is 0 Å². The Balaban J connectivity index is 0.000000199. The lowest BCUT2D eigenvalue weighted by atomic mass is 10.1. The molecule has 0 radical (unpaired) electrons. The van der Waals surface area contributed by atoms with E-state index in [0.29, 0.717) is 12.0 Å². The van der Waals surface area contributed by atoms with Gasteiger partial charge in [0.15, 0.2) is 0 Å². The van der Waals surface area contributed by atoms with E-state index in [9.17, 15) is 19.2 Å². The molecule has 0 unspecified atom stereocenters. The summed E-state index contributed by atoms with van der Waals surface area (Å²) in [5.74, 6) is -1.15. The second kappa shape index (κ2) is 6.48. The van der Waals surface area contributed by atoms with Crippen LogP contribution in [-0.4, -0.2) is 23.6 Å². The average molecular weight is 250 g/mol. The summed E-state index contributed by atoms with van der Waals surface area (Å²) in [6.07, 6.45) is 6.50. The summed E-state index contributed by atoms with van der Waals surface area (Å²) in [6, 6.07) is 0. The second-order valence-corrected chi connectivity index (χ2v) is 3.78. The quantitative estimate of drug-likeness (QED) is 0.687. The Labute approximate surface area is 104 Å². The fraction of sp³-hybridized carbons (Fsp3) is 0.333. The van der Waals surface area contributed by atoms with Gasteiger partial charge in [0, 0.05) is 23.8 Å². The first kappa shape index (κ1) is 13.8. The summed E-state index contributed by atoms with van der Waals surface area (Å²) in [7, 11) is 0. The molecule has 2 aliphatic heterocycles. The van der Waals surface area contributed by atoms with Crippen LogP contribution in [0.4, 0.5) is 0 Å². The van der Waals surface area contributed by atoms with Crippen molar-refractivity contribution in [3.05, 3.63) is 23.8 Å². The van der Waals surface area contributed by atoms with E-state index in [4.69, 9.17) is 0 Å². The summed E-state index contributed by atoms with van der Waals surface area (Å²) >= 11 is 0. The van der Waals surface area contributed by atoms with Gasteiger partial charge in [-0.1, -0.05) is 13.3 Å². The molecule has 6 nitrogen and oxygen atoms in total. The first-order valence-electron chi connectivity index (χ1n) is 5.62. The van der Waals surface area contributed by atoms with Gasteiger partial charge in [0.25, 0.3) is 23.6 Å². The van der Waals surface area contributed by atoms with Gasteiger partial charge in [0.05, 0.1) is 0 Å². The van der Waals surface area contributed by atoms with Crippen molar-refractivity contribution in [3.63, 3.8) is 0 Å². The lowest BCUT2D eigenvalue weighted by Gasteiger charge is -1.95. The minimum absolute atomic E-state index is 0.219. The molecule has 18 heavy (non-hydrogen) atoms. The van der Waals surface area contributed by atoms with Crippen molar-refractivity contribution < 1.29 is 19.2 Å². The van der Waals surface area contributed by atoms with Crippen molar-refractivity contribution in [2.24, 2.45) is 0 Å². The maximum absolute atomic E-state index is 10.9. The summed E-state index contributed by atoms with van der Waals surface area (Å²) in [4.78, 5) is 41.6. The Kier molecular flexibility index (Phi) is 4.98. The third-order valence-electron chi connectivity index (χ3n) is 2.27. The molecule has 0 bridgehead atoms. The molecule has 0 atom stereocenters. The van der Waals surface area contributed by atoms with E-state index in [-0.39, 0.29) is 23.6 Å². The zero-order valence-corrected chi connectivity index (χ0v) is 9.99. The summed E-state index contributed by atoms with van der Waals surface area (Å²) < 4.78 is 0. The highest BCUT2D eigenvalue weighted by atomic mass is 16.2. The van der Waals surface area contributed by atoms with Crippen LogP contribution in [0.2, 0.25) is 0 Å². The molecule has 0 spiro atoms. The standard InChI is InChI=1S/C8H11NO2.C4H3NO2/c1-2-3-4-6-5-7(10)9-8(6)11;6-3-1-2-4(7)5-3/h5H,2-4H2,1H3,(H,9,10,11);1-2H,(H,5,6,7). The first-order chi connectivity index (χ1) is 8.52. The normalized spacial score (nSPS) is 17.1. The van der Waals surface area contributed by atoms with E-state index in [1.807, 2.05) is 5.32 Å². The molecule has 2 aliphatic rings. The molecule has 0 aromatic heterocycles. The van der Waals surface area contributed by atoms with E-state index in [1.165, 1.54) is 18.2 Å². The molecule has 0 aromatic rings. The molecule has 0 saturated heterocycles. The van der Waals surface area contributed by atoms with Gasteiger partial charge >= 0.3 is 0 Å². The Morgan fingerprint density at radius 2 is 1.56 bits per heavy atom. The number of nitrogens with one attached hydrogen (secondary N) is 2. The summed E-state index contributed by atoms with van der Waals surface area (Å²) in [5, 5.41) is 4.23. The number of unbranched alkanes of at least 4 members (excludes halogenated alkanes) is 1. The summed E-state index contributed by atoms with van der Waals surface area (Å²) in [5.41, 5.74) is 0.622. The maximum atomic E-state index is 10.9. The number of rotatable bonds is 3. The van der Waals surface area contributed by atoms with Crippen LogP contribution in [0.5, 0.6) is 0 Å². The molecule has 2 heterocycles. The minimum Gasteiger partial charge on any atom is -0.289 e. The third kappa shape index (κ3) is 4.32. The smallest absolute Gasteiger partial charge is 0.254 e. The average Bonchev–Trinajstić information content (AvgIpc) is 2.82.